The molecule has 29 heavy (non-hydrogen) atoms. The quantitative estimate of drug-likeness (QED) is 0.583. The minimum Gasteiger partial charge on any atom is -0.497 e. The first-order valence-electron chi connectivity index (χ1n) is 9.81. The summed E-state index contributed by atoms with van der Waals surface area (Å²) in [6.45, 7) is 7.88. The second kappa shape index (κ2) is 8.11. The topological polar surface area (TPSA) is 67.4 Å². The summed E-state index contributed by atoms with van der Waals surface area (Å²) >= 11 is 0. The first kappa shape index (κ1) is 20.6. The highest BCUT2D eigenvalue weighted by Crippen LogP contribution is 2.32. The normalized spacial score (nSPS) is 16.1. The third-order valence-electron chi connectivity index (χ3n) is 4.93. The van der Waals surface area contributed by atoms with Crippen LogP contribution in [0.5, 0.6) is 5.75 Å². The molecule has 2 aromatic rings. The van der Waals surface area contributed by atoms with Gasteiger partial charge in [-0.1, -0.05) is 32.0 Å². The van der Waals surface area contributed by atoms with E-state index in [9.17, 15) is 9.59 Å². The summed E-state index contributed by atoms with van der Waals surface area (Å²) in [5.41, 5.74) is 3.89. The lowest BCUT2D eigenvalue weighted by molar-refractivity contribution is -0.118. The number of fused-ring (bicyclic) bond motifs is 1. The number of carbonyl (C=O) groups is 2. The molecule has 0 fully saturated rings. The Labute approximate surface area is 172 Å². The van der Waals surface area contributed by atoms with Gasteiger partial charge >= 0.3 is 0 Å². The number of nitrogens with one attached hydrogen (secondary N) is 2. The zero-order chi connectivity index (χ0) is 21.2. The SMILES string of the molecule is COc1ccc2c(c1)/C(=C/C(=O)c1cccc(NC(=O)C(C)C)c1)NC(C)(C)C2. The number of benzene rings is 2. The number of ether oxygens (including phenoxy) is 1. The van der Waals surface area contributed by atoms with E-state index in [1.54, 1.807) is 37.5 Å². The molecule has 0 spiro atoms. The monoisotopic (exact) mass is 392 g/mol. The number of hydrogen-bond donors (Lipinski definition) is 2. The van der Waals surface area contributed by atoms with Crippen LogP contribution in [0.15, 0.2) is 48.5 Å². The third-order valence-corrected chi connectivity index (χ3v) is 4.93. The van der Waals surface area contributed by atoms with Crippen LogP contribution in [0.2, 0.25) is 0 Å². The van der Waals surface area contributed by atoms with E-state index in [4.69, 9.17) is 4.74 Å². The number of rotatable bonds is 5. The first-order valence-corrected chi connectivity index (χ1v) is 9.81. The Hall–Kier alpha value is -3.08. The van der Waals surface area contributed by atoms with Gasteiger partial charge in [-0.15, -0.1) is 0 Å². The van der Waals surface area contributed by atoms with Crippen molar-refractivity contribution >= 4 is 23.1 Å². The summed E-state index contributed by atoms with van der Waals surface area (Å²) < 4.78 is 5.36. The summed E-state index contributed by atoms with van der Waals surface area (Å²) in [5, 5.41) is 6.32. The molecule has 1 aliphatic rings. The Balaban J connectivity index is 1.94. The van der Waals surface area contributed by atoms with Gasteiger partial charge < -0.3 is 15.4 Å². The lowest BCUT2D eigenvalue weighted by atomic mass is 9.85. The number of ketones is 1. The Morgan fingerprint density at radius 2 is 1.93 bits per heavy atom. The van der Waals surface area contributed by atoms with Crippen molar-refractivity contribution in [3.8, 4) is 5.75 Å². The summed E-state index contributed by atoms with van der Waals surface area (Å²) in [5.74, 6) is 0.419. The van der Waals surface area contributed by atoms with Gasteiger partial charge in [-0.2, -0.15) is 0 Å². The molecule has 0 aliphatic carbocycles. The second-order valence-electron chi connectivity index (χ2n) is 8.36. The van der Waals surface area contributed by atoms with Gasteiger partial charge in [0.05, 0.1) is 7.11 Å². The van der Waals surface area contributed by atoms with Gasteiger partial charge in [0, 0.05) is 40.0 Å². The van der Waals surface area contributed by atoms with Crippen LogP contribution >= 0.6 is 0 Å². The summed E-state index contributed by atoms with van der Waals surface area (Å²) in [6, 6.07) is 13.0. The molecule has 0 saturated heterocycles. The highest BCUT2D eigenvalue weighted by molar-refractivity contribution is 6.09. The maximum Gasteiger partial charge on any atom is 0.226 e. The molecular formula is C24H28N2O3. The van der Waals surface area contributed by atoms with Crippen molar-refractivity contribution in [2.45, 2.75) is 39.7 Å². The van der Waals surface area contributed by atoms with E-state index in [1.165, 1.54) is 5.56 Å². The van der Waals surface area contributed by atoms with Crippen LogP contribution < -0.4 is 15.4 Å². The number of allylic oxidation sites excluding steroid dienone is 1. The van der Waals surface area contributed by atoms with Gasteiger partial charge in [-0.25, -0.2) is 0 Å². The smallest absolute Gasteiger partial charge is 0.226 e. The molecule has 0 saturated carbocycles. The van der Waals surface area contributed by atoms with Crippen molar-refractivity contribution in [3.63, 3.8) is 0 Å². The minimum atomic E-state index is -0.166. The second-order valence-corrected chi connectivity index (χ2v) is 8.36. The van der Waals surface area contributed by atoms with Gasteiger partial charge in [0.1, 0.15) is 5.75 Å². The van der Waals surface area contributed by atoms with Gasteiger partial charge in [0.25, 0.3) is 0 Å². The molecule has 1 heterocycles. The van der Waals surface area contributed by atoms with Crippen LogP contribution in [-0.4, -0.2) is 24.3 Å². The lowest BCUT2D eigenvalue weighted by Gasteiger charge is -2.35. The maximum atomic E-state index is 13.0. The van der Waals surface area contributed by atoms with Crippen LogP contribution in [-0.2, 0) is 11.2 Å². The highest BCUT2D eigenvalue weighted by Gasteiger charge is 2.28. The predicted molar refractivity (Wildman–Crippen MR) is 116 cm³/mol. The molecule has 1 amide bonds. The van der Waals surface area contributed by atoms with Crippen molar-refractivity contribution in [2.24, 2.45) is 5.92 Å². The van der Waals surface area contributed by atoms with Crippen molar-refractivity contribution in [1.82, 2.24) is 5.32 Å². The van der Waals surface area contributed by atoms with Crippen LogP contribution in [0.4, 0.5) is 5.69 Å². The molecular weight excluding hydrogens is 364 g/mol. The molecule has 0 unspecified atom stereocenters. The average Bonchev–Trinajstić information content (AvgIpc) is 2.67. The maximum absolute atomic E-state index is 13.0. The van der Waals surface area contributed by atoms with Gasteiger partial charge in [0.15, 0.2) is 5.78 Å². The zero-order valence-corrected chi connectivity index (χ0v) is 17.6. The molecule has 3 rings (SSSR count). The number of hydrogen-bond acceptors (Lipinski definition) is 4. The molecule has 152 valence electrons. The fraction of sp³-hybridized carbons (Fsp3) is 0.333. The summed E-state index contributed by atoms with van der Waals surface area (Å²) in [7, 11) is 1.63. The predicted octanol–water partition coefficient (Wildman–Crippen LogP) is 4.44. The lowest BCUT2D eigenvalue weighted by Crippen LogP contribution is -2.43. The molecule has 0 atom stereocenters. The van der Waals surface area contributed by atoms with Crippen molar-refractivity contribution in [1.29, 1.82) is 0 Å². The third kappa shape index (κ3) is 4.86. The Bertz CT molecular complexity index is 974. The number of methoxy groups -OCH3 is 1. The first-order chi connectivity index (χ1) is 13.7. The van der Waals surface area contributed by atoms with Gasteiger partial charge in [0.2, 0.25) is 5.91 Å². The van der Waals surface area contributed by atoms with Crippen molar-refractivity contribution < 1.29 is 14.3 Å². The fourth-order valence-corrected chi connectivity index (χ4v) is 3.40. The van der Waals surface area contributed by atoms with E-state index < -0.39 is 0 Å². The molecule has 0 aromatic heterocycles. The van der Waals surface area contributed by atoms with Crippen LogP contribution in [0, 0.1) is 5.92 Å². The number of carbonyl (C=O) groups excluding carboxylic acids is 2. The van der Waals surface area contributed by atoms with Gasteiger partial charge in [-0.3, -0.25) is 9.59 Å². The molecule has 5 nitrogen and oxygen atoms in total. The van der Waals surface area contributed by atoms with Crippen molar-refractivity contribution in [2.75, 3.05) is 12.4 Å². The van der Waals surface area contributed by atoms with Crippen molar-refractivity contribution in [3.05, 3.63) is 65.2 Å². The molecule has 1 aliphatic heterocycles. The molecule has 2 N–H and O–H groups in total. The average molecular weight is 392 g/mol. The minimum absolute atomic E-state index is 0.0790. The zero-order valence-electron chi connectivity index (χ0n) is 17.6. The number of anilines is 1. The van der Waals surface area contributed by atoms with E-state index in [0.29, 0.717) is 11.3 Å². The Morgan fingerprint density at radius 1 is 1.17 bits per heavy atom. The Morgan fingerprint density at radius 3 is 2.62 bits per heavy atom. The van der Waals surface area contributed by atoms with E-state index in [2.05, 4.69) is 30.5 Å². The fourth-order valence-electron chi connectivity index (χ4n) is 3.40. The highest BCUT2D eigenvalue weighted by atomic mass is 16.5. The van der Waals surface area contributed by atoms with E-state index >= 15 is 0 Å². The largest absolute Gasteiger partial charge is 0.497 e. The summed E-state index contributed by atoms with van der Waals surface area (Å²) in [6.07, 6.45) is 2.48. The van der Waals surface area contributed by atoms with E-state index in [0.717, 1.165) is 23.4 Å². The number of amides is 1. The van der Waals surface area contributed by atoms with Gasteiger partial charge in [-0.05, 0) is 50.1 Å². The van der Waals surface area contributed by atoms with Crippen LogP contribution in [0.3, 0.4) is 0 Å². The molecule has 5 heteroatoms. The standard InChI is InChI=1S/C24H28N2O3/c1-15(2)23(28)25-18-8-6-7-16(11-18)22(27)13-21-20-12-19(29-5)10-9-17(20)14-24(3,4)26-21/h6-13,15,26H,14H2,1-5H3,(H,25,28)/b21-13-. The molecule has 0 radical (unpaired) electrons. The van der Waals surface area contributed by atoms with E-state index in [1.807, 2.05) is 26.0 Å². The van der Waals surface area contributed by atoms with E-state index in [-0.39, 0.29) is 23.1 Å². The Kier molecular flexibility index (Phi) is 5.78. The molecule has 2 aromatic carbocycles. The van der Waals surface area contributed by atoms with Crippen LogP contribution in [0.1, 0.15) is 49.2 Å². The molecule has 0 bridgehead atoms. The van der Waals surface area contributed by atoms with Crippen LogP contribution in [0.25, 0.3) is 5.70 Å². The summed E-state index contributed by atoms with van der Waals surface area (Å²) in [4.78, 5) is 24.9.